The van der Waals surface area contributed by atoms with Crippen LogP contribution in [0.25, 0.3) is 0 Å². The first-order chi connectivity index (χ1) is 9.74. The molecule has 2 rings (SSSR count). The van der Waals surface area contributed by atoms with E-state index in [0.717, 1.165) is 12.1 Å². The van der Waals surface area contributed by atoms with Crippen LogP contribution in [0.15, 0.2) is 54.6 Å². The zero-order chi connectivity index (χ0) is 14.4. The molecular weight excluding hydrogens is 248 g/mol. The summed E-state index contributed by atoms with van der Waals surface area (Å²) in [5.41, 5.74) is 2.96. The van der Waals surface area contributed by atoms with Gasteiger partial charge in [0.15, 0.2) is 0 Å². The number of carbonyl (C=O) groups is 1. The number of hydrogen-bond donors (Lipinski definition) is 2. The van der Waals surface area contributed by atoms with Crippen LogP contribution in [0.1, 0.15) is 35.3 Å². The summed E-state index contributed by atoms with van der Waals surface area (Å²) < 4.78 is 0. The van der Waals surface area contributed by atoms with Crippen LogP contribution in [-0.4, -0.2) is 13.0 Å². The molecule has 0 aromatic heterocycles. The first-order valence-electron chi connectivity index (χ1n) is 6.88. The second-order valence-corrected chi connectivity index (χ2v) is 4.67. The molecule has 0 radical (unpaired) electrons. The van der Waals surface area contributed by atoms with Crippen molar-refractivity contribution in [3.05, 3.63) is 65.7 Å². The van der Waals surface area contributed by atoms with E-state index < -0.39 is 0 Å². The van der Waals surface area contributed by atoms with Crippen LogP contribution >= 0.6 is 0 Å². The van der Waals surface area contributed by atoms with E-state index in [1.807, 2.05) is 42.5 Å². The zero-order valence-electron chi connectivity index (χ0n) is 11.9. The molecule has 1 atom stereocenters. The second-order valence-electron chi connectivity index (χ2n) is 4.67. The molecule has 0 spiro atoms. The Labute approximate surface area is 120 Å². The van der Waals surface area contributed by atoms with Gasteiger partial charge in [-0.05, 0) is 36.2 Å². The van der Waals surface area contributed by atoms with Crippen molar-refractivity contribution < 1.29 is 4.79 Å². The Morgan fingerprint density at radius 1 is 1.05 bits per heavy atom. The summed E-state index contributed by atoms with van der Waals surface area (Å²) in [5, 5.41) is 6.12. The third-order valence-corrected chi connectivity index (χ3v) is 3.33. The molecule has 0 saturated heterocycles. The molecule has 0 heterocycles. The summed E-state index contributed by atoms with van der Waals surface area (Å²) in [4.78, 5) is 11.5. The summed E-state index contributed by atoms with van der Waals surface area (Å²) in [6.07, 6.45) is 1.00. The van der Waals surface area contributed by atoms with Gasteiger partial charge >= 0.3 is 0 Å². The summed E-state index contributed by atoms with van der Waals surface area (Å²) >= 11 is 0. The van der Waals surface area contributed by atoms with Crippen LogP contribution in [0.2, 0.25) is 0 Å². The number of amides is 1. The molecule has 0 fully saturated rings. The summed E-state index contributed by atoms with van der Waals surface area (Å²) in [5.74, 6) is -0.0633. The van der Waals surface area contributed by atoms with Crippen molar-refractivity contribution in [2.45, 2.75) is 19.4 Å². The number of carbonyl (C=O) groups excluding carboxylic acids is 1. The predicted octanol–water partition coefficient (Wildman–Crippen LogP) is 3.61. The quantitative estimate of drug-likeness (QED) is 0.869. The lowest BCUT2D eigenvalue weighted by Crippen LogP contribution is -2.17. The largest absolute Gasteiger partial charge is 0.378 e. The van der Waals surface area contributed by atoms with Gasteiger partial charge in [-0.25, -0.2) is 0 Å². The molecule has 0 aliphatic rings. The molecule has 2 aromatic rings. The van der Waals surface area contributed by atoms with E-state index >= 15 is 0 Å². The topological polar surface area (TPSA) is 41.1 Å². The second kappa shape index (κ2) is 6.75. The van der Waals surface area contributed by atoms with Crippen LogP contribution in [-0.2, 0) is 0 Å². The highest BCUT2D eigenvalue weighted by Gasteiger charge is 2.09. The van der Waals surface area contributed by atoms with Gasteiger partial charge in [0.25, 0.3) is 5.91 Å². The van der Waals surface area contributed by atoms with Crippen LogP contribution in [0.3, 0.4) is 0 Å². The van der Waals surface area contributed by atoms with E-state index in [1.165, 1.54) is 5.56 Å². The van der Waals surface area contributed by atoms with Crippen LogP contribution in [0.5, 0.6) is 0 Å². The Morgan fingerprint density at radius 2 is 1.70 bits per heavy atom. The normalized spacial score (nSPS) is 11.7. The fourth-order valence-electron chi connectivity index (χ4n) is 2.17. The monoisotopic (exact) mass is 268 g/mol. The molecule has 2 N–H and O–H groups in total. The summed E-state index contributed by atoms with van der Waals surface area (Å²) in [6, 6.07) is 18.2. The van der Waals surface area contributed by atoms with Gasteiger partial charge in [0.1, 0.15) is 0 Å². The van der Waals surface area contributed by atoms with E-state index in [2.05, 4.69) is 29.7 Å². The van der Waals surface area contributed by atoms with Gasteiger partial charge in [-0.2, -0.15) is 0 Å². The minimum atomic E-state index is -0.0633. The van der Waals surface area contributed by atoms with Gasteiger partial charge in [-0.3, -0.25) is 4.79 Å². The van der Waals surface area contributed by atoms with Crippen molar-refractivity contribution in [1.29, 1.82) is 0 Å². The van der Waals surface area contributed by atoms with E-state index in [4.69, 9.17) is 0 Å². The van der Waals surface area contributed by atoms with Crippen molar-refractivity contribution in [3.63, 3.8) is 0 Å². The highest BCUT2D eigenvalue weighted by molar-refractivity contribution is 5.94. The van der Waals surface area contributed by atoms with Crippen LogP contribution in [0, 0.1) is 0 Å². The Morgan fingerprint density at radius 3 is 2.25 bits per heavy atom. The number of hydrogen-bond acceptors (Lipinski definition) is 2. The molecule has 0 bridgehead atoms. The Balaban J connectivity index is 2.10. The molecule has 1 amide bonds. The number of rotatable bonds is 5. The van der Waals surface area contributed by atoms with Crippen molar-refractivity contribution in [1.82, 2.24) is 5.32 Å². The average Bonchev–Trinajstić information content (AvgIpc) is 2.53. The third-order valence-electron chi connectivity index (χ3n) is 3.33. The Bertz CT molecular complexity index is 549. The highest BCUT2D eigenvalue weighted by Crippen LogP contribution is 2.22. The molecule has 1 unspecified atom stereocenters. The fraction of sp³-hybridized carbons (Fsp3) is 0.235. The number of benzene rings is 2. The molecule has 3 heteroatoms. The SMILES string of the molecule is CCC(Nc1ccc(C(=O)NC)cc1)c1ccccc1. The van der Waals surface area contributed by atoms with Gasteiger partial charge in [-0.1, -0.05) is 37.3 Å². The molecular formula is C17H20N2O. The smallest absolute Gasteiger partial charge is 0.251 e. The Hall–Kier alpha value is -2.29. The van der Waals surface area contributed by atoms with Gasteiger partial charge in [0, 0.05) is 18.3 Å². The maximum Gasteiger partial charge on any atom is 0.251 e. The van der Waals surface area contributed by atoms with Crippen molar-refractivity contribution in [3.8, 4) is 0 Å². The lowest BCUT2D eigenvalue weighted by molar-refractivity contribution is 0.0963. The van der Waals surface area contributed by atoms with E-state index in [-0.39, 0.29) is 11.9 Å². The molecule has 104 valence electrons. The summed E-state index contributed by atoms with van der Waals surface area (Å²) in [7, 11) is 1.64. The number of nitrogens with one attached hydrogen (secondary N) is 2. The lowest BCUT2D eigenvalue weighted by atomic mass is 10.0. The minimum Gasteiger partial charge on any atom is -0.378 e. The third kappa shape index (κ3) is 3.38. The van der Waals surface area contributed by atoms with Gasteiger partial charge in [0.05, 0.1) is 6.04 Å². The standard InChI is InChI=1S/C17H20N2O/c1-3-16(13-7-5-4-6-8-13)19-15-11-9-14(10-12-15)17(20)18-2/h4-12,16,19H,3H2,1-2H3,(H,18,20). The molecule has 0 aliphatic carbocycles. The maximum atomic E-state index is 11.5. The van der Waals surface area contributed by atoms with Crippen molar-refractivity contribution >= 4 is 11.6 Å². The molecule has 0 aliphatic heterocycles. The zero-order valence-corrected chi connectivity index (χ0v) is 11.9. The van der Waals surface area contributed by atoms with E-state index in [0.29, 0.717) is 5.56 Å². The lowest BCUT2D eigenvalue weighted by Gasteiger charge is -2.19. The van der Waals surface area contributed by atoms with Crippen molar-refractivity contribution in [2.75, 3.05) is 12.4 Å². The Kier molecular flexibility index (Phi) is 4.77. The molecule has 0 saturated carbocycles. The average molecular weight is 268 g/mol. The van der Waals surface area contributed by atoms with Crippen LogP contribution < -0.4 is 10.6 Å². The molecule has 3 nitrogen and oxygen atoms in total. The van der Waals surface area contributed by atoms with E-state index in [9.17, 15) is 4.79 Å². The fourth-order valence-corrected chi connectivity index (χ4v) is 2.17. The number of anilines is 1. The maximum absolute atomic E-state index is 11.5. The summed E-state index contributed by atoms with van der Waals surface area (Å²) in [6.45, 7) is 2.16. The van der Waals surface area contributed by atoms with Crippen LogP contribution in [0.4, 0.5) is 5.69 Å². The van der Waals surface area contributed by atoms with Gasteiger partial charge in [-0.15, -0.1) is 0 Å². The highest BCUT2D eigenvalue weighted by atomic mass is 16.1. The molecule has 20 heavy (non-hydrogen) atoms. The van der Waals surface area contributed by atoms with Gasteiger partial charge in [0.2, 0.25) is 0 Å². The van der Waals surface area contributed by atoms with E-state index in [1.54, 1.807) is 7.05 Å². The minimum absolute atomic E-state index is 0.0633. The first-order valence-corrected chi connectivity index (χ1v) is 6.88. The van der Waals surface area contributed by atoms with Gasteiger partial charge < -0.3 is 10.6 Å². The molecule has 2 aromatic carbocycles. The first kappa shape index (κ1) is 14.1. The predicted molar refractivity (Wildman–Crippen MR) is 82.9 cm³/mol. The van der Waals surface area contributed by atoms with Crippen molar-refractivity contribution in [2.24, 2.45) is 0 Å².